The molecular formula is C61H91N7O13. The van der Waals surface area contributed by atoms with Gasteiger partial charge in [-0.2, -0.15) is 0 Å². The summed E-state index contributed by atoms with van der Waals surface area (Å²) < 4.78 is 17.4. The highest BCUT2D eigenvalue weighted by atomic mass is 16.6. The molecule has 448 valence electrons. The van der Waals surface area contributed by atoms with Crippen molar-refractivity contribution in [3.05, 3.63) is 65.7 Å². The Hall–Kier alpha value is -6.41. The van der Waals surface area contributed by atoms with Crippen molar-refractivity contribution in [1.82, 2.24) is 35.6 Å². The number of likely N-dealkylation sites (tertiary alicyclic amines) is 1. The summed E-state index contributed by atoms with van der Waals surface area (Å²) in [5.41, 5.74) is 1.64. The fraction of sp³-hybridized carbons (Fsp3) is 0.656. The number of rotatable bonds is 16. The molecule has 0 aromatic heterocycles. The van der Waals surface area contributed by atoms with Crippen molar-refractivity contribution in [1.29, 1.82) is 0 Å². The molecule has 6 amide bonds. The Kier molecular flexibility index (Phi) is 24.3. The van der Waals surface area contributed by atoms with Crippen LogP contribution in [0.1, 0.15) is 132 Å². The smallest absolute Gasteiger partial charge is 0.329 e. The summed E-state index contributed by atoms with van der Waals surface area (Å²) in [6, 6.07) is 8.54. The first-order valence-electron chi connectivity index (χ1n) is 29.1. The van der Waals surface area contributed by atoms with Crippen molar-refractivity contribution in [3.8, 4) is 5.75 Å². The molecule has 20 nitrogen and oxygen atoms in total. The third-order valence-corrected chi connectivity index (χ3v) is 16.2. The fourth-order valence-corrected chi connectivity index (χ4v) is 11.1. The third-order valence-electron chi connectivity index (χ3n) is 16.2. The van der Waals surface area contributed by atoms with Gasteiger partial charge in [0.25, 0.3) is 0 Å². The number of hydrogen-bond donors (Lipinski definition) is 4. The minimum absolute atomic E-state index is 0.0960. The second-order valence-electron chi connectivity index (χ2n) is 23.7. The van der Waals surface area contributed by atoms with Gasteiger partial charge in [0.2, 0.25) is 35.4 Å². The lowest BCUT2D eigenvalue weighted by Gasteiger charge is -2.36. The molecular weight excluding hydrogens is 1040 g/mol. The fourth-order valence-electron chi connectivity index (χ4n) is 11.1. The minimum atomic E-state index is -1.69. The number of hydrogen-bond acceptors (Lipinski definition) is 14. The van der Waals surface area contributed by atoms with E-state index in [9.17, 15) is 33.9 Å². The number of cyclic esters (lactones) is 2. The summed E-state index contributed by atoms with van der Waals surface area (Å²) in [5, 5.41) is 20.3. The zero-order valence-electron chi connectivity index (χ0n) is 50.0. The minimum Gasteiger partial charge on any atom is -0.497 e. The molecule has 2 aromatic carbocycles. The van der Waals surface area contributed by atoms with Gasteiger partial charge in [0.1, 0.15) is 42.1 Å². The molecule has 0 saturated carbocycles. The topological polar surface area (TPSA) is 251 Å². The van der Waals surface area contributed by atoms with Crippen molar-refractivity contribution in [3.63, 3.8) is 0 Å². The van der Waals surface area contributed by atoms with Crippen LogP contribution < -0.4 is 20.7 Å². The van der Waals surface area contributed by atoms with Gasteiger partial charge >= 0.3 is 11.9 Å². The summed E-state index contributed by atoms with van der Waals surface area (Å²) in [5.74, 6) is -8.75. The van der Waals surface area contributed by atoms with Crippen molar-refractivity contribution < 1.29 is 62.5 Å². The molecule has 3 saturated heterocycles. The number of likely N-dealkylation sites (N-methyl/N-ethyl adjacent to an activating group) is 2. The quantitative estimate of drug-likeness (QED) is 0.132. The number of Topliss-reactive ketones (excluding diaryl/α,β-unsaturated/α-hetero) is 1. The van der Waals surface area contributed by atoms with E-state index in [0.29, 0.717) is 43.7 Å². The van der Waals surface area contributed by atoms with Crippen molar-refractivity contribution in [2.45, 2.75) is 194 Å². The molecule has 3 fully saturated rings. The van der Waals surface area contributed by atoms with Crippen LogP contribution in [0.2, 0.25) is 0 Å². The Bertz CT molecular complexity index is 2490. The monoisotopic (exact) mass is 1130 g/mol. The average Bonchev–Trinajstić information content (AvgIpc) is 4.12. The van der Waals surface area contributed by atoms with E-state index in [1.54, 1.807) is 52.1 Å². The molecule has 81 heavy (non-hydrogen) atoms. The molecule has 0 bridgehead atoms. The molecule has 5 rings (SSSR count). The number of fused-ring (bicyclic) bond motifs is 1. The van der Waals surface area contributed by atoms with Gasteiger partial charge in [0.15, 0.2) is 11.9 Å². The first-order valence-corrected chi connectivity index (χ1v) is 29.1. The second-order valence-corrected chi connectivity index (χ2v) is 23.7. The van der Waals surface area contributed by atoms with Crippen LogP contribution >= 0.6 is 0 Å². The van der Waals surface area contributed by atoms with E-state index < -0.39 is 132 Å². The van der Waals surface area contributed by atoms with Crippen LogP contribution in [0.5, 0.6) is 5.75 Å². The maximum absolute atomic E-state index is 15.1. The van der Waals surface area contributed by atoms with Crippen molar-refractivity contribution in [2.75, 3.05) is 34.3 Å². The number of esters is 2. The number of benzene rings is 2. The number of methoxy groups -OCH3 is 1. The third kappa shape index (κ3) is 17.3. The summed E-state index contributed by atoms with van der Waals surface area (Å²) in [6.45, 7) is 18.5. The van der Waals surface area contributed by atoms with Crippen molar-refractivity contribution in [2.24, 2.45) is 29.6 Å². The number of ketones is 1. The summed E-state index contributed by atoms with van der Waals surface area (Å²) in [4.78, 5) is 137. The molecule has 0 radical (unpaired) electrons. The summed E-state index contributed by atoms with van der Waals surface area (Å²) in [6.07, 6.45) is -2.61. The highest BCUT2D eigenvalue weighted by molar-refractivity contribution is 6.05. The van der Waals surface area contributed by atoms with E-state index in [0.717, 1.165) is 12.0 Å². The molecule has 3 aliphatic heterocycles. The van der Waals surface area contributed by atoms with E-state index >= 15 is 14.4 Å². The lowest BCUT2D eigenvalue weighted by molar-refractivity contribution is -0.163. The number of carbonyl (C=O) groups is 9. The Morgan fingerprint density at radius 3 is 2.09 bits per heavy atom. The Balaban J connectivity index is 1.60. The van der Waals surface area contributed by atoms with Crippen LogP contribution in [0.15, 0.2) is 54.6 Å². The lowest BCUT2D eigenvalue weighted by atomic mass is 9.91. The maximum atomic E-state index is 15.1. The maximum Gasteiger partial charge on any atom is 0.329 e. The molecule has 0 spiro atoms. The van der Waals surface area contributed by atoms with Gasteiger partial charge in [0.05, 0.1) is 37.6 Å². The predicted octanol–water partition coefficient (Wildman–Crippen LogP) is 4.61. The number of carbonyl (C=O) groups excluding carboxylic acids is 9. The SMILES string of the molecule is CC[C@H](C)[C@@H]1NC(=O)[C@H](NC(=O)[C@@H](CC(C)C)N(C)C(=O)[C@@H]2CCCN2Cc2ccccc2)[C@@H](C)OC(=O)[C@H](Cc2ccc(OC)cc2)N(C)C(=O)[C@@H]2CCCN2C(=O)[C@H](CC(C)C)NC(=O)[C@@H](C)C(=O)[C@H](C(C)C)OC(=O)C[C@@H]1O. The Morgan fingerprint density at radius 2 is 1.48 bits per heavy atom. The van der Waals surface area contributed by atoms with Gasteiger partial charge in [-0.05, 0) is 106 Å². The number of aliphatic hydroxyl groups excluding tert-OH is 1. The highest BCUT2D eigenvalue weighted by Gasteiger charge is 2.45. The summed E-state index contributed by atoms with van der Waals surface area (Å²) >= 11 is 0. The number of nitrogens with zero attached hydrogens (tertiary/aromatic N) is 4. The van der Waals surface area contributed by atoms with Crippen LogP contribution in [0, 0.1) is 29.6 Å². The first kappa shape index (κ1) is 65.4. The molecule has 12 atom stereocenters. The van der Waals surface area contributed by atoms with Gasteiger partial charge in [-0.3, -0.25) is 43.3 Å². The summed E-state index contributed by atoms with van der Waals surface area (Å²) in [7, 11) is 4.51. The molecule has 3 aliphatic rings. The van der Waals surface area contributed by atoms with Gasteiger partial charge in [-0.1, -0.05) is 104 Å². The van der Waals surface area contributed by atoms with Crippen LogP contribution in [0.3, 0.4) is 0 Å². The van der Waals surface area contributed by atoms with Crippen molar-refractivity contribution >= 4 is 53.2 Å². The normalized spacial score (nSPS) is 27.1. The number of aliphatic hydroxyl groups is 1. The first-order chi connectivity index (χ1) is 38.3. The van der Waals surface area contributed by atoms with Gasteiger partial charge in [-0.25, -0.2) is 4.79 Å². The van der Waals surface area contributed by atoms with Crippen LogP contribution in [-0.2, 0) is 65.6 Å². The van der Waals surface area contributed by atoms with E-state index in [2.05, 4.69) is 20.9 Å². The van der Waals surface area contributed by atoms with E-state index in [4.69, 9.17) is 14.2 Å². The zero-order valence-corrected chi connectivity index (χ0v) is 50.0. The molecule has 4 N–H and O–H groups in total. The Labute approximate surface area is 479 Å². The van der Waals surface area contributed by atoms with Gasteiger partial charge < -0.3 is 50.0 Å². The van der Waals surface area contributed by atoms with Gasteiger partial charge in [0, 0.05) is 33.6 Å². The lowest BCUT2D eigenvalue weighted by Crippen LogP contribution is -2.62. The molecule has 0 aliphatic carbocycles. The molecule has 0 unspecified atom stereocenters. The number of ether oxygens (including phenoxy) is 3. The van der Waals surface area contributed by atoms with Crippen LogP contribution in [0.25, 0.3) is 0 Å². The molecule has 2 aromatic rings. The van der Waals surface area contributed by atoms with E-state index in [-0.39, 0.29) is 50.0 Å². The predicted molar refractivity (Wildman–Crippen MR) is 304 cm³/mol. The molecule has 3 heterocycles. The van der Waals surface area contributed by atoms with Gasteiger partial charge in [-0.15, -0.1) is 0 Å². The van der Waals surface area contributed by atoms with E-state index in [1.165, 1.54) is 42.7 Å². The zero-order chi connectivity index (χ0) is 60.0. The second kappa shape index (κ2) is 30.1. The van der Waals surface area contributed by atoms with E-state index in [1.807, 2.05) is 65.0 Å². The number of nitrogens with one attached hydrogen (secondary N) is 3. The standard InChI is InChI=1S/C61H91N7O13/c1-14-38(8)51-49(69)33-50(70)81-54(37(6)7)53(71)39(9)55(72)62-44(30-35(2)3)58(75)68-29-19-23-46(68)60(77)66(12)48(32-41-24-26-43(79-13)27-25-41)61(78)80-40(10)52(57(74)63-51)64-56(73)47(31-36(4)5)65(11)59(76)45-22-18-28-67(45)34-42-20-16-15-17-21-42/h15-17,20-21,24-27,35-40,44-49,51-52,54,69H,14,18-19,22-23,28-34H2,1-13H3,(H,62,72)(H,63,74)(H,64,73)/t38-,39-,40+,44-,45-,46-,47+,48-,49-,51-,52+,54-/m0/s1. The molecule has 20 heteroatoms. The van der Waals surface area contributed by atoms with Crippen LogP contribution in [0.4, 0.5) is 0 Å². The number of amides is 6. The average molecular weight is 1130 g/mol. The highest BCUT2D eigenvalue weighted by Crippen LogP contribution is 2.28. The Morgan fingerprint density at radius 1 is 0.827 bits per heavy atom. The largest absolute Gasteiger partial charge is 0.497 e. The van der Waals surface area contributed by atoms with Crippen LogP contribution in [-0.4, -0.2) is 173 Å².